The van der Waals surface area contributed by atoms with Gasteiger partial charge in [-0.05, 0) is 17.7 Å². The number of nitrogens with zero attached hydrogens (tertiary/aromatic N) is 2. The van der Waals surface area contributed by atoms with Crippen molar-refractivity contribution < 1.29 is 14.3 Å². The van der Waals surface area contributed by atoms with Crippen molar-refractivity contribution in [2.24, 2.45) is 9.98 Å². The number of benzene rings is 1. The maximum atomic E-state index is 11.7. The second-order valence-corrected chi connectivity index (χ2v) is 4.54. The van der Waals surface area contributed by atoms with Gasteiger partial charge in [-0.2, -0.15) is 0 Å². The van der Waals surface area contributed by atoms with Crippen LogP contribution in [0.4, 0.5) is 0 Å². The molecule has 20 heavy (non-hydrogen) atoms. The Bertz CT molecular complexity index is 659. The van der Waals surface area contributed by atoms with Crippen LogP contribution < -0.4 is 9.47 Å². The summed E-state index contributed by atoms with van der Waals surface area (Å²) in [5, 5.41) is 0. The number of aliphatic imine (C=N–C) groups is 2. The predicted octanol–water partition coefficient (Wildman–Crippen LogP) is 2.13. The number of carbonyl (C=O) groups is 1. The van der Waals surface area contributed by atoms with Crippen molar-refractivity contribution in [3.63, 3.8) is 0 Å². The molecular formula is C15H14N2O3. The molecule has 0 aliphatic carbocycles. The van der Waals surface area contributed by atoms with Crippen LogP contribution in [0, 0.1) is 0 Å². The zero-order chi connectivity index (χ0) is 14.1. The van der Waals surface area contributed by atoms with E-state index in [2.05, 4.69) is 9.98 Å². The Hall–Kier alpha value is -2.43. The molecule has 2 heterocycles. The van der Waals surface area contributed by atoms with Crippen LogP contribution in [0.2, 0.25) is 0 Å². The summed E-state index contributed by atoms with van der Waals surface area (Å²) in [6.45, 7) is 0. The monoisotopic (exact) mass is 270 g/mol. The maximum absolute atomic E-state index is 11.7. The van der Waals surface area contributed by atoms with Crippen molar-refractivity contribution in [2.45, 2.75) is 12.5 Å². The van der Waals surface area contributed by atoms with Gasteiger partial charge < -0.3 is 9.47 Å². The maximum Gasteiger partial charge on any atom is 0.201 e. The number of methoxy groups -OCH3 is 2. The van der Waals surface area contributed by atoms with Crippen molar-refractivity contribution in [2.75, 3.05) is 14.2 Å². The van der Waals surface area contributed by atoms with Gasteiger partial charge in [0.2, 0.25) is 5.78 Å². The largest absolute Gasteiger partial charge is 0.493 e. The lowest BCUT2D eigenvalue weighted by atomic mass is 9.96. The van der Waals surface area contributed by atoms with E-state index in [4.69, 9.17) is 9.47 Å². The SMILES string of the molecule is COc1ccc(C2N=CC(=O)C3=C2N=CC3)cc1OC. The van der Waals surface area contributed by atoms with Gasteiger partial charge in [-0.25, -0.2) is 0 Å². The third kappa shape index (κ3) is 1.91. The van der Waals surface area contributed by atoms with Crippen molar-refractivity contribution in [1.82, 2.24) is 0 Å². The molecule has 0 saturated carbocycles. The molecule has 0 N–H and O–H groups in total. The summed E-state index contributed by atoms with van der Waals surface area (Å²) >= 11 is 0. The first-order valence-electron chi connectivity index (χ1n) is 6.29. The van der Waals surface area contributed by atoms with Crippen LogP contribution >= 0.6 is 0 Å². The third-order valence-corrected chi connectivity index (χ3v) is 3.46. The minimum Gasteiger partial charge on any atom is -0.493 e. The standard InChI is InChI=1S/C15H14N2O3/c1-19-12-4-3-9(7-13(12)20-2)14-15-10(5-6-16-15)11(18)8-17-14/h3-4,6-8,14H,5H2,1-2H3. The highest BCUT2D eigenvalue weighted by Crippen LogP contribution is 2.38. The lowest BCUT2D eigenvalue weighted by Gasteiger charge is -2.18. The molecule has 0 aromatic heterocycles. The van der Waals surface area contributed by atoms with Crippen LogP contribution in [-0.2, 0) is 4.79 Å². The smallest absolute Gasteiger partial charge is 0.201 e. The van der Waals surface area contributed by atoms with E-state index in [1.54, 1.807) is 20.4 Å². The van der Waals surface area contributed by atoms with Crippen LogP contribution in [0.1, 0.15) is 18.0 Å². The zero-order valence-corrected chi connectivity index (χ0v) is 11.3. The van der Waals surface area contributed by atoms with Crippen LogP contribution in [0.3, 0.4) is 0 Å². The molecule has 1 aromatic rings. The molecule has 1 unspecified atom stereocenters. The molecule has 1 aromatic carbocycles. The van der Waals surface area contributed by atoms with Gasteiger partial charge in [-0.3, -0.25) is 14.8 Å². The molecular weight excluding hydrogens is 256 g/mol. The van der Waals surface area contributed by atoms with Crippen molar-refractivity contribution >= 4 is 18.2 Å². The van der Waals surface area contributed by atoms with E-state index >= 15 is 0 Å². The van der Waals surface area contributed by atoms with Gasteiger partial charge in [0.1, 0.15) is 6.04 Å². The Morgan fingerprint density at radius 1 is 1.20 bits per heavy atom. The van der Waals surface area contributed by atoms with E-state index in [9.17, 15) is 4.79 Å². The molecule has 0 amide bonds. The number of hydrogen-bond acceptors (Lipinski definition) is 5. The van der Waals surface area contributed by atoms with E-state index in [1.165, 1.54) is 6.21 Å². The van der Waals surface area contributed by atoms with Gasteiger partial charge in [0, 0.05) is 18.2 Å². The number of carbonyl (C=O) groups excluding carboxylic acids is 1. The molecule has 0 radical (unpaired) electrons. The fourth-order valence-electron chi connectivity index (χ4n) is 2.44. The summed E-state index contributed by atoms with van der Waals surface area (Å²) in [5.74, 6) is 1.26. The molecule has 0 spiro atoms. The average molecular weight is 270 g/mol. The van der Waals surface area contributed by atoms with Crippen molar-refractivity contribution in [3.8, 4) is 11.5 Å². The topological polar surface area (TPSA) is 60.2 Å². The Labute approximate surface area is 116 Å². The van der Waals surface area contributed by atoms with E-state index < -0.39 is 0 Å². The van der Waals surface area contributed by atoms with Crippen molar-refractivity contribution in [3.05, 3.63) is 35.0 Å². The Morgan fingerprint density at radius 3 is 2.75 bits per heavy atom. The predicted molar refractivity (Wildman–Crippen MR) is 75.9 cm³/mol. The van der Waals surface area contributed by atoms with Gasteiger partial charge in [0.15, 0.2) is 11.5 Å². The number of rotatable bonds is 3. The number of Topliss-reactive ketones (excluding diaryl/α,β-unsaturated/α-hetero) is 1. The van der Waals surface area contributed by atoms with E-state index in [1.807, 2.05) is 18.2 Å². The summed E-state index contributed by atoms with van der Waals surface area (Å²) in [6.07, 6.45) is 3.73. The Balaban J connectivity index is 2.03. The Kier molecular flexibility index (Phi) is 3.10. The summed E-state index contributed by atoms with van der Waals surface area (Å²) in [4.78, 5) is 20.4. The zero-order valence-electron chi connectivity index (χ0n) is 11.3. The molecule has 0 fully saturated rings. The van der Waals surface area contributed by atoms with E-state index in [0.29, 0.717) is 17.9 Å². The quantitative estimate of drug-likeness (QED) is 0.845. The van der Waals surface area contributed by atoms with E-state index in [0.717, 1.165) is 16.8 Å². The second kappa shape index (κ2) is 4.92. The highest BCUT2D eigenvalue weighted by atomic mass is 16.5. The molecule has 2 aliphatic rings. The molecule has 3 rings (SSSR count). The van der Waals surface area contributed by atoms with E-state index in [-0.39, 0.29) is 11.8 Å². The highest BCUT2D eigenvalue weighted by Gasteiger charge is 2.29. The van der Waals surface area contributed by atoms with Gasteiger partial charge in [0.25, 0.3) is 0 Å². The summed E-state index contributed by atoms with van der Waals surface area (Å²) in [7, 11) is 3.19. The summed E-state index contributed by atoms with van der Waals surface area (Å²) in [6, 6.07) is 5.37. The molecule has 0 bridgehead atoms. The highest BCUT2D eigenvalue weighted by molar-refractivity contribution is 6.37. The lowest BCUT2D eigenvalue weighted by molar-refractivity contribution is -0.109. The molecule has 0 saturated heterocycles. The Morgan fingerprint density at radius 2 is 2.00 bits per heavy atom. The van der Waals surface area contributed by atoms with Gasteiger partial charge in [0.05, 0.1) is 26.1 Å². The fourth-order valence-corrected chi connectivity index (χ4v) is 2.44. The number of ether oxygens (including phenoxy) is 2. The average Bonchev–Trinajstić information content (AvgIpc) is 2.97. The first-order chi connectivity index (χ1) is 9.74. The first-order valence-corrected chi connectivity index (χ1v) is 6.29. The fraction of sp³-hybridized carbons (Fsp3) is 0.267. The molecule has 1 atom stereocenters. The van der Waals surface area contributed by atoms with Crippen LogP contribution in [-0.4, -0.2) is 32.4 Å². The molecule has 2 aliphatic heterocycles. The van der Waals surface area contributed by atoms with Crippen LogP contribution in [0.15, 0.2) is 39.5 Å². The second-order valence-electron chi connectivity index (χ2n) is 4.54. The van der Waals surface area contributed by atoms with Gasteiger partial charge >= 0.3 is 0 Å². The molecule has 102 valence electrons. The molecule has 5 nitrogen and oxygen atoms in total. The van der Waals surface area contributed by atoms with Crippen LogP contribution in [0.25, 0.3) is 0 Å². The van der Waals surface area contributed by atoms with Crippen LogP contribution in [0.5, 0.6) is 11.5 Å². The van der Waals surface area contributed by atoms with Gasteiger partial charge in [-0.1, -0.05) is 6.07 Å². The first kappa shape index (κ1) is 12.6. The molecule has 5 heteroatoms. The number of ketones is 1. The lowest BCUT2D eigenvalue weighted by Crippen LogP contribution is -2.14. The summed E-state index contributed by atoms with van der Waals surface area (Å²) in [5.41, 5.74) is 2.41. The van der Waals surface area contributed by atoms with Crippen molar-refractivity contribution in [1.29, 1.82) is 0 Å². The minimum absolute atomic E-state index is 0.0470. The number of hydrogen-bond donors (Lipinski definition) is 0. The summed E-state index contributed by atoms with van der Waals surface area (Å²) < 4.78 is 10.5. The third-order valence-electron chi connectivity index (χ3n) is 3.46. The number of allylic oxidation sites excluding steroid dienone is 1. The van der Waals surface area contributed by atoms with Gasteiger partial charge in [-0.15, -0.1) is 0 Å². The normalized spacial score (nSPS) is 20.3. The number of dihydropyridines is 1. The minimum atomic E-state index is -0.249.